The lowest BCUT2D eigenvalue weighted by Gasteiger charge is -2.22. The smallest absolute Gasteiger partial charge is 0.326 e. The predicted octanol–water partition coefficient (Wildman–Crippen LogP) is 1.49. The molecule has 0 saturated carbocycles. The lowest BCUT2D eigenvalue weighted by Crippen LogP contribution is -2.47. The third-order valence-electron chi connectivity index (χ3n) is 3.12. The SMILES string of the molecule is CO[C@@H](C(=O)N[C@H](C(=O)O)[C@H](C)CC#N)c1ccccc1. The van der Waals surface area contributed by atoms with Gasteiger partial charge in [-0.05, 0) is 5.56 Å². The number of carbonyl (C=O) groups is 2. The second-order valence-corrected chi connectivity index (χ2v) is 4.69. The number of nitriles is 1. The number of methoxy groups -OCH3 is 1. The molecule has 0 unspecified atom stereocenters. The summed E-state index contributed by atoms with van der Waals surface area (Å²) in [5.74, 6) is -2.21. The molecule has 2 N–H and O–H groups in total. The molecule has 0 aliphatic heterocycles. The average molecular weight is 290 g/mol. The molecule has 0 aromatic heterocycles. The van der Waals surface area contributed by atoms with Crippen LogP contribution in [0.3, 0.4) is 0 Å². The summed E-state index contributed by atoms with van der Waals surface area (Å²) in [6, 6.07) is 9.57. The Morgan fingerprint density at radius 2 is 2.00 bits per heavy atom. The molecule has 1 aromatic carbocycles. The van der Waals surface area contributed by atoms with E-state index in [1.807, 2.05) is 12.1 Å². The molecule has 1 rings (SSSR count). The van der Waals surface area contributed by atoms with Crippen LogP contribution < -0.4 is 5.32 Å². The lowest BCUT2D eigenvalue weighted by atomic mass is 9.98. The first-order chi connectivity index (χ1) is 10.0. The summed E-state index contributed by atoms with van der Waals surface area (Å²) in [6.45, 7) is 1.60. The molecule has 0 spiro atoms. The molecule has 1 amide bonds. The second-order valence-electron chi connectivity index (χ2n) is 4.69. The average Bonchev–Trinajstić information content (AvgIpc) is 2.46. The fraction of sp³-hybridized carbons (Fsp3) is 0.400. The van der Waals surface area contributed by atoms with Crippen LogP contribution in [0.5, 0.6) is 0 Å². The van der Waals surface area contributed by atoms with Crippen molar-refractivity contribution in [2.75, 3.05) is 7.11 Å². The van der Waals surface area contributed by atoms with Crippen LogP contribution in [-0.4, -0.2) is 30.1 Å². The van der Waals surface area contributed by atoms with E-state index in [0.717, 1.165) is 0 Å². The van der Waals surface area contributed by atoms with Crippen molar-refractivity contribution in [3.05, 3.63) is 35.9 Å². The van der Waals surface area contributed by atoms with Crippen molar-refractivity contribution < 1.29 is 19.4 Å². The first-order valence-corrected chi connectivity index (χ1v) is 6.49. The Morgan fingerprint density at radius 3 is 2.48 bits per heavy atom. The molecule has 0 aliphatic carbocycles. The van der Waals surface area contributed by atoms with Crippen LogP contribution in [-0.2, 0) is 14.3 Å². The number of amides is 1. The zero-order valence-electron chi connectivity index (χ0n) is 11.9. The normalized spacial score (nSPS) is 14.5. The monoisotopic (exact) mass is 290 g/mol. The van der Waals surface area contributed by atoms with Gasteiger partial charge in [0.2, 0.25) is 0 Å². The number of nitrogens with one attached hydrogen (secondary N) is 1. The highest BCUT2D eigenvalue weighted by Crippen LogP contribution is 2.17. The van der Waals surface area contributed by atoms with Gasteiger partial charge in [0.1, 0.15) is 6.04 Å². The third-order valence-corrected chi connectivity index (χ3v) is 3.12. The summed E-state index contributed by atoms with van der Waals surface area (Å²) in [6.07, 6.45) is -0.845. The Balaban J connectivity index is 2.85. The van der Waals surface area contributed by atoms with Gasteiger partial charge in [-0.1, -0.05) is 37.3 Å². The number of carbonyl (C=O) groups excluding carboxylic acids is 1. The fourth-order valence-electron chi connectivity index (χ4n) is 1.96. The number of carboxylic acid groups (broad SMARTS) is 1. The van der Waals surface area contributed by atoms with Gasteiger partial charge < -0.3 is 15.2 Å². The van der Waals surface area contributed by atoms with E-state index in [4.69, 9.17) is 10.00 Å². The van der Waals surface area contributed by atoms with E-state index in [1.165, 1.54) is 7.11 Å². The molecule has 1 aromatic rings. The van der Waals surface area contributed by atoms with Gasteiger partial charge in [-0.3, -0.25) is 4.79 Å². The van der Waals surface area contributed by atoms with Crippen molar-refractivity contribution in [2.24, 2.45) is 5.92 Å². The molecule has 0 saturated heterocycles. The molecule has 0 fully saturated rings. The Kier molecular flexibility index (Phi) is 6.37. The second kappa shape index (κ2) is 8.02. The van der Waals surface area contributed by atoms with Gasteiger partial charge >= 0.3 is 5.97 Å². The summed E-state index contributed by atoms with van der Waals surface area (Å²) >= 11 is 0. The Bertz CT molecular complexity index is 524. The van der Waals surface area contributed by atoms with Gasteiger partial charge in [0, 0.05) is 19.4 Å². The van der Waals surface area contributed by atoms with E-state index < -0.39 is 29.9 Å². The maximum Gasteiger partial charge on any atom is 0.326 e. The van der Waals surface area contributed by atoms with Crippen molar-refractivity contribution in [1.29, 1.82) is 5.26 Å². The summed E-state index contributed by atoms with van der Waals surface area (Å²) in [7, 11) is 1.38. The van der Waals surface area contributed by atoms with Gasteiger partial charge in [0.25, 0.3) is 5.91 Å². The molecule has 0 radical (unpaired) electrons. The molecule has 6 nitrogen and oxygen atoms in total. The van der Waals surface area contributed by atoms with Crippen molar-refractivity contribution >= 4 is 11.9 Å². The highest BCUT2D eigenvalue weighted by molar-refractivity contribution is 5.87. The molecular weight excluding hydrogens is 272 g/mol. The summed E-state index contributed by atoms with van der Waals surface area (Å²) in [5.41, 5.74) is 0.634. The zero-order valence-corrected chi connectivity index (χ0v) is 11.9. The summed E-state index contributed by atoms with van der Waals surface area (Å²) in [4.78, 5) is 23.4. The lowest BCUT2D eigenvalue weighted by molar-refractivity contribution is -0.145. The van der Waals surface area contributed by atoms with Crippen molar-refractivity contribution in [3.8, 4) is 6.07 Å². The van der Waals surface area contributed by atoms with Gasteiger partial charge in [-0.2, -0.15) is 5.26 Å². The van der Waals surface area contributed by atoms with E-state index in [-0.39, 0.29) is 6.42 Å². The maximum absolute atomic E-state index is 12.2. The molecule has 21 heavy (non-hydrogen) atoms. The first-order valence-electron chi connectivity index (χ1n) is 6.49. The predicted molar refractivity (Wildman–Crippen MR) is 75.2 cm³/mol. The van der Waals surface area contributed by atoms with E-state index in [0.29, 0.717) is 5.56 Å². The Hall–Kier alpha value is -2.39. The number of rotatable bonds is 7. The van der Waals surface area contributed by atoms with Crippen LogP contribution in [0.15, 0.2) is 30.3 Å². The number of hydrogen-bond donors (Lipinski definition) is 2. The highest BCUT2D eigenvalue weighted by atomic mass is 16.5. The third kappa shape index (κ3) is 4.58. The molecule has 0 aliphatic rings. The maximum atomic E-state index is 12.2. The van der Waals surface area contributed by atoms with Crippen LogP contribution in [0.1, 0.15) is 25.0 Å². The number of carboxylic acids is 1. The Morgan fingerprint density at radius 1 is 1.38 bits per heavy atom. The summed E-state index contributed by atoms with van der Waals surface area (Å²) in [5, 5.41) is 20.3. The van der Waals surface area contributed by atoms with Crippen LogP contribution >= 0.6 is 0 Å². The topological polar surface area (TPSA) is 99.4 Å². The standard InChI is InChI=1S/C15H18N2O4/c1-10(8-9-16)12(15(19)20)17-14(18)13(21-2)11-6-4-3-5-7-11/h3-7,10,12-13H,8H2,1-2H3,(H,17,18)(H,19,20)/t10-,12+,13-/m1/s1. The molecule has 6 heteroatoms. The minimum atomic E-state index is -1.17. The zero-order chi connectivity index (χ0) is 15.8. The number of ether oxygens (including phenoxy) is 1. The van der Waals surface area contributed by atoms with E-state index >= 15 is 0 Å². The number of hydrogen-bond acceptors (Lipinski definition) is 4. The summed E-state index contributed by atoms with van der Waals surface area (Å²) < 4.78 is 5.15. The van der Waals surface area contributed by atoms with Gasteiger partial charge in [0.15, 0.2) is 6.10 Å². The van der Waals surface area contributed by atoms with E-state index in [2.05, 4.69) is 5.32 Å². The van der Waals surface area contributed by atoms with Crippen molar-refractivity contribution in [1.82, 2.24) is 5.32 Å². The van der Waals surface area contributed by atoms with Crippen LogP contribution in [0.25, 0.3) is 0 Å². The van der Waals surface area contributed by atoms with Crippen molar-refractivity contribution in [2.45, 2.75) is 25.5 Å². The van der Waals surface area contributed by atoms with Crippen LogP contribution in [0.4, 0.5) is 0 Å². The Labute approximate surface area is 123 Å². The minimum absolute atomic E-state index is 0.0419. The fourth-order valence-corrected chi connectivity index (χ4v) is 1.96. The van der Waals surface area contributed by atoms with E-state index in [1.54, 1.807) is 31.2 Å². The first kappa shape index (κ1) is 16.7. The number of nitrogens with zero attached hydrogens (tertiary/aromatic N) is 1. The molecule has 0 bridgehead atoms. The van der Waals surface area contributed by atoms with Crippen LogP contribution in [0.2, 0.25) is 0 Å². The van der Waals surface area contributed by atoms with Crippen molar-refractivity contribution in [3.63, 3.8) is 0 Å². The number of benzene rings is 1. The number of aliphatic carboxylic acids is 1. The van der Waals surface area contributed by atoms with E-state index in [9.17, 15) is 14.7 Å². The largest absolute Gasteiger partial charge is 0.480 e. The van der Waals surface area contributed by atoms with Gasteiger partial charge in [0.05, 0.1) is 6.07 Å². The molecule has 3 atom stereocenters. The molecule has 0 heterocycles. The molecular formula is C15H18N2O4. The van der Waals surface area contributed by atoms with Gasteiger partial charge in [-0.25, -0.2) is 4.79 Å². The van der Waals surface area contributed by atoms with Gasteiger partial charge in [-0.15, -0.1) is 0 Å². The molecule has 112 valence electrons. The highest BCUT2D eigenvalue weighted by Gasteiger charge is 2.30. The quantitative estimate of drug-likeness (QED) is 0.792. The van der Waals surface area contributed by atoms with Crippen LogP contribution in [0, 0.1) is 17.2 Å². The minimum Gasteiger partial charge on any atom is -0.480 e.